The van der Waals surface area contributed by atoms with Gasteiger partial charge in [0, 0.05) is 0 Å². The zero-order valence-corrected chi connectivity index (χ0v) is 22.2. The average Bonchev–Trinajstić information content (AvgIpc) is 3.26. The number of benzene rings is 3. The van der Waals surface area contributed by atoms with Gasteiger partial charge in [0.25, 0.3) is 0 Å². The van der Waals surface area contributed by atoms with Crippen molar-refractivity contribution in [2.24, 2.45) is 5.41 Å². The second-order valence-corrected chi connectivity index (χ2v) is 11.0. The molecule has 2 aliphatic rings. The zero-order valence-electron chi connectivity index (χ0n) is 22.2. The maximum Gasteiger partial charge on any atom is 0.411 e. The molecule has 0 aromatic heterocycles. The predicted molar refractivity (Wildman–Crippen MR) is 147 cm³/mol. The summed E-state index contributed by atoms with van der Waals surface area (Å²) in [5, 5.41) is 10.2. The molecule has 3 aromatic carbocycles. The monoisotopic (exact) mass is 524 g/mol. The molecule has 0 bridgehead atoms. The number of nitrogens with zero attached hydrogens (tertiary/aromatic N) is 2. The fourth-order valence-corrected chi connectivity index (χ4v) is 5.64. The quantitative estimate of drug-likeness (QED) is 0.400. The third-order valence-electron chi connectivity index (χ3n) is 7.36. The number of hydrogen-bond donors (Lipinski definition) is 1. The Hall–Kier alpha value is -4.39. The molecule has 39 heavy (non-hydrogen) atoms. The highest BCUT2D eigenvalue weighted by molar-refractivity contribution is 5.97. The van der Waals surface area contributed by atoms with Crippen molar-refractivity contribution in [1.82, 2.24) is 9.80 Å². The lowest BCUT2D eigenvalue weighted by atomic mass is 9.79. The molecule has 0 aliphatic carbocycles. The average molecular weight is 525 g/mol. The van der Waals surface area contributed by atoms with Crippen molar-refractivity contribution < 1.29 is 24.2 Å². The lowest BCUT2D eigenvalue weighted by molar-refractivity contribution is -0.173. The Labute approximate surface area is 228 Å². The highest BCUT2D eigenvalue weighted by Gasteiger charge is 2.61. The van der Waals surface area contributed by atoms with Gasteiger partial charge in [0.15, 0.2) is 6.10 Å². The largest absolute Gasteiger partial charge is 0.480 e. The van der Waals surface area contributed by atoms with Gasteiger partial charge in [0.1, 0.15) is 18.1 Å². The van der Waals surface area contributed by atoms with E-state index < -0.39 is 53.7 Å². The van der Waals surface area contributed by atoms with Crippen LogP contribution in [0.4, 0.5) is 4.79 Å². The smallest absolute Gasteiger partial charge is 0.411 e. The molecule has 2 aliphatic heterocycles. The number of rotatable bonds is 7. The Morgan fingerprint density at radius 1 is 0.846 bits per heavy atom. The summed E-state index contributed by atoms with van der Waals surface area (Å²) in [6.07, 6.45) is 2.47. The first-order valence-electron chi connectivity index (χ1n) is 13.1. The minimum atomic E-state index is -1.09. The van der Waals surface area contributed by atoms with Crippen molar-refractivity contribution in [1.29, 1.82) is 0 Å². The molecule has 2 fully saturated rings. The van der Waals surface area contributed by atoms with Gasteiger partial charge in [0.05, 0.1) is 6.04 Å². The van der Waals surface area contributed by atoms with E-state index in [1.54, 1.807) is 20.8 Å². The number of hydrogen-bond acceptors (Lipinski definition) is 4. The van der Waals surface area contributed by atoms with Gasteiger partial charge in [-0.05, 0) is 22.1 Å². The van der Waals surface area contributed by atoms with Crippen molar-refractivity contribution >= 4 is 24.0 Å². The Balaban J connectivity index is 1.59. The number of ether oxygens (including phenoxy) is 1. The summed E-state index contributed by atoms with van der Waals surface area (Å²) < 4.78 is 5.93. The minimum absolute atomic E-state index is 0.411. The van der Waals surface area contributed by atoms with Gasteiger partial charge < -0.3 is 14.7 Å². The molecule has 0 saturated carbocycles. The molecule has 1 N–H and O–H groups in total. The maximum absolute atomic E-state index is 13.9. The molecule has 5 rings (SSSR count). The molecule has 5 atom stereocenters. The van der Waals surface area contributed by atoms with Crippen molar-refractivity contribution in [3.05, 3.63) is 114 Å². The maximum atomic E-state index is 13.9. The summed E-state index contributed by atoms with van der Waals surface area (Å²) in [6.45, 7) is 5.39. The summed E-state index contributed by atoms with van der Waals surface area (Å²) in [5.41, 5.74) is 1.83. The Morgan fingerprint density at radius 3 is 1.92 bits per heavy atom. The van der Waals surface area contributed by atoms with Crippen LogP contribution in [0.1, 0.15) is 49.6 Å². The van der Waals surface area contributed by atoms with Gasteiger partial charge in [-0.1, -0.05) is 124 Å². The van der Waals surface area contributed by atoms with Gasteiger partial charge in [-0.3, -0.25) is 9.69 Å². The molecule has 1 unspecified atom stereocenters. The highest BCUT2D eigenvalue weighted by Crippen LogP contribution is 2.48. The Morgan fingerprint density at radius 2 is 1.38 bits per heavy atom. The number of carboxylic acid groups (broad SMARTS) is 1. The van der Waals surface area contributed by atoms with E-state index in [1.807, 2.05) is 103 Å². The summed E-state index contributed by atoms with van der Waals surface area (Å²) in [7, 11) is 0. The lowest BCUT2D eigenvalue weighted by Crippen LogP contribution is -2.75. The van der Waals surface area contributed by atoms with E-state index in [0.29, 0.717) is 0 Å². The number of likely N-dealkylation sites (tertiary alicyclic amines) is 1. The van der Waals surface area contributed by atoms with E-state index in [-0.39, 0.29) is 0 Å². The summed E-state index contributed by atoms with van der Waals surface area (Å²) in [5.74, 6) is -1.50. The van der Waals surface area contributed by atoms with E-state index in [9.17, 15) is 19.5 Å². The van der Waals surface area contributed by atoms with Crippen LogP contribution in [0.25, 0.3) is 6.08 Å². The van der Waals surface area contributed by atoms with Gasteiger partial charge >= 0.3 is 12.1 Å². The fourth-order valence-electron chi connectivity index (χ4n) is 5.64. The standard InChI is InChI=1S/C32H32N2O5/c1-32(2,3)28(30(36)37)33-24(20-19-21-13-7-4-8-14-21)26(29(33)35)34-25(22-15-9-5-10-16-22)27(39-31(34)38)23-17-11-6-12-18-23/h4-20,24-28H,1-3H3,(H,36,37)/t24-,25+,26+,27-,28?/m1/s1. The highest BCUT2D eigenvalue weighted by atomic mass is 16.6. The number of cyclic esters (lactones) is 1. The number of aliphatic carboxylic acids is 1. The normalized spacial score (nSPS) is 24.0. The SMILES string of the molecule is CC(C)(C)C(C(=O)O)N1C(=O)[C@@H](N2C(=O)O[C@H](c3ccccc3)[C@@H]2c2ccccc2)[C@H]1C=Cc1ccccc1. The molecule has 2 saturated heterocycles. The number of carbonyl (C=O) groups is 3. The van der Waals surface area contributed by atoms with Crippen molar-refractivity contribution in [3.63, 3.8) is 0 Å². The van der Waals surface area contributed by atoms with Crippen molar-refractivity contribution in [2.45, 2.75) is 51.0 Å². The van der Waals surface area contributed by atoms with Gasteiger partial charge in [-0.2, -0.15) is 0 Å². The van der Waals surface area contributed by atoms with Crippen LogP contribution in [0.15, 0.2) is 97.1 Å². The van der Waals surface area contributed by atoms with Crippen LogP contribution in [0.3, 0.4) is 0 Å². The van der Waals surface area contributed by atoms with E-state index in [1.165, 1.54) is 9.80 Å². The van der Waals surface area contributed by atoms with E-state index in [4.69, 9.17) is 4.74 Å². The van der Waals surface area contributed by atoms with Crippen LogP contribution in [0, 0.1) is 5.41 Å². The van der Waals surface area contributed by atoms with Crippen LogP contribution < -0.4 is 0 Å². The van der Waals surface area contributed by atoms with Gasteiger partial charge in [-0.25, -0.2) is 9.59 Å². The minimum Gasteiger partial charge on any atom is -0.480 e. The lowest BCUT2D eigenvalue weighted by Gasteiger charge is -2.54. The van der Waals surface area contributed by atoms with Crippen LogP contribution >= 0.6 is 0 Å². The number of amides is 2. The van der Waals surface area contributed by atoms with Crippen molar-refractivity contribution in [3.8, 4) is 0 Å². The fraction of sp³-hybridized carbons (Fsp3) is 0.281. The third kappa shape index (κ3) is 4.92. The van der Waals surface area contributed by atoms with Crippen LogP contribution in [-0.2, 0) is 14.3 Å². The van der Waals surface area contributed by atoms with Crippen LogP contribution in [0.5, 0.6) is 0 Å². The molecule has 2 heterocycles. The van der Waals surface area contributed by atoms with Gasteiger partial charge in [-0.15, -0.1) is 0 Å². The zero-order chi connectivity index (χ0) is 27.7. The third-order valence-corrected chi connectivity index (χ3v) is 7.36. The summed E-state index contributed by atoms with van der Waals surface area (Å²) in [4.78, 5) is 42.8. The molecule has 0 radical (unpaired) electrons. The van der Waals surface area contributed by atoms with Crippen LogP contribution in [0.2, 0.25) is 0 Å². The second kappa shape index (κ2) is 10.4. The van der Waals surface area contributed by atoms with E-state index in [2.05, 4.69) is 0 Å². The number of β-lactam (4-membered cyclic amide) rings is 1. The Kier molecular flexibility index (Phi) is 7.00. The summed E-state index contributed by atoms with van der Waals surface area (Å²) >= 11 is 0. The molecular weight excluding hydrogens is 492 g/mol. The number of carboxylic acids is 1. The molecular formula is C32H32N2O5. The molecule has 2 amide bonds. The van der Waals surface area contributed by atoms with Crippen LogP contribution in [-0.4, -0.2) is 51.0 Å². The first kappa shape index (κ1) is 26.2. The van der Waals surface area contributed by atoms with E-state index >= 15 is 0 Å². The topological polar surface area (TPSA) is 87.2 Å². The molecule has 7 heteroatoms. The van der Waals surface area contributed by atoms with E-state index in [0.717, 1.165) is 16.7 Å². The first-order valence-corrected chi connectivity index (χ1v) is 13.1. The first-order chi connectivity index (χ1) is 18.7. The van der Waals surface area contributed by atoms with Crippen molar-refractivity contribution in [2.75, 3.05) is 0 Å². The molecule has 3 aromatic rings. The number of carbonyl (C=O) groups excluding carboxylic acids is 2. The Bertz CT molecular complexity index is 1370. The molecule has 7 nitrogen and oxygen atoms in total. The van der Waals surface area contributed by atoms with Gasteiger partial charge in [0.2, 0.25) is 5.91 Å². The molecule has 200 valence electrons. The molecule has 0 spiro atoms. The predicted octanol–water partition coefficient (Wildman–Crippen LogP) is 5.71. The second-order valence-electron chi connectivity index (χ2n) is 11.0. The summed E-state index contributed by atoms with van der Waals surface area (Å²) in [6, 6.07) is 25.3.